The highest BCUT2D eigenvalue weighted by molar-refractivity contribution is 5.82. The fourth-order valence-corrected chi connectivity index (χ4v) is 3.10. The van der Waals surface area contributed by atoms with E-state index in [2.05, 4.69) is 25.2 Å². The molecule has 2 heterocycles. The molecular weight excluding hydrogens is 304 g/mol. The van der Waals surface area contributed by atoms with Crippen molar-refractivity contribution in [3.05, 3.63) is 35.6 Å². The smallest absolute Gasteiger partial charge is 0.410 e. The number of amides is 1. The second kappa shape index (κ2) is 6.13. The molecule has 5 heteroatoms. The van der Waals surface area contributed by atoms with Gasteiger partial charge in [-0.1, -0.05) is 18.2 Å². The SMILES string of the molecule is Cc1c(C(C)NC2CN(C(=O)OC(C)(C)C)C2)oc2ccccc12. The first-order chi connectivity index (χ1) is 11.2. The number of carbonyl (C=O) groups is 1. The van der Waals surface area contributed by atoms with Crippen LogP contribution in [0.4, 0.5) is 4.79 Å². The standard InChI is InChI=1S/C19H26N2O3/c1-12-15-8-6-7-9-16(15)23-17(12)13(2)20-14-10-21(11-14)18(22)24-19(3,4)5/h6-9,13-14,20H,10-11H2,1-5H3. The van der Waals surface area contributed by atoms with E-state index in [4.69, 9.17) is 9.15 Å². The van der Waals surface area contributed by atoms with E-state index in [-0.39, 0.29) is 18.2 Å². The number of rotatable bonds is 3. The average Bonchev–Trinajstić information content (AvgIpc) is 2.78. The summed E-state index contributed by atoms with van der Waals surface area (Å²) in [7, 11) is 0. The summed E-state index contributed by atoms with van der Waals surface area (Å²) in [6, 6.07) is 8.45. The zero-order chi connectivity index (χ0) is 17.5. The van der Waals surface area contributed by atoms with E-state index >= 15 is 0 Å². The molecule has 1 aliphatic heterocycles. The van der Waals surface area contributed by atoms with Crippen molar-refractivity contribution in [2.24, 2.45) is 0 Å². The van der Waals surface area contributed by atoms with Crippen molar-refractivity contribution in [3.63, 3.8) is 0 Å². The molecule has 2 aromatic rings. The Morgan fingerprint density at radius 1 is 1.33 bits per heavy atom. The minimum atomic E-state index is -0.450. The average molecular weight is 330 g/mol. The maximum absolute atomic E-state index is 12.0. The molecule has 1 saturated heterocycles. The van der Waals surface area contributed by atoms with Crippen LogP contribution in [-0.2, 0) is 4.74 Å². The van der Waals surface area contributed by atoms with Crippen molar-refractivity contribution < 1.29 is 13.9 Å². The molecule has 1 aromatic carbocycles. The molecule has 1 fully saturated rings. The van der Waals surface area contributed by atoms with Crippen molar-refractivity contribution in [1.82, 2.24) is 10.2 Å². The number of hydrogen-bond donors (Lipinski definition) is 1. The molecule has 0 bridgehead atoms. The first kappa shape index (κ1) is 16.8. The second-order valence-corrected chi connectivity index (χ2v) is 7.56. The Morgan fingerprint density at radius 2 is 2.00 bits per heavy atom. The van der Waals surface area contributed by atoms with Gasteiger partial charge in [0.15, 0.2) is 0 Å². The number of fused-ring (bicyclic) bond motifs is 1. The summed E-state index contributed by atoms with van der Waals surface area (Å²) >= 11 is 0. The van der Waals surface area contributed by atoms with Gasteiger partial charge in [0.1, 0.15) is 16.9 Å². The Bertz CT molecular complexity index is 739. The minimum Gasteiger partial charge on any atom is -0.459 e. The van der Waals surface area contributed by atoms with Crippen LogP contribution in [0.3, 0.4) is 0 Å². The van der Waals surface area contributed by atoms with Crippen LogP contribution in [0.15, 0.2) is 28.7 Å². The summed E-state index contributed by atoms with van der Waals surface area (Å²) < 4.78 is 11.4. The molecule has 1 amide bonds. The lowest BCUT2D eigenvalue weighted by Gasteiger charge is -2.41. The summed E-state index contributed by atoms with van der Waals surface area (Å²) in [6.07, 6.45) is -0.242. The van der Waals surface area contributed by atoms with Crippen molar-refractivity contribution in [3.8, 4) is 0 Å². The van der Waals surface area contributed by atoms with Crippen LogP contribution in [0.5, 0.6) is 0 Å². The third kappa shape index (κ3) is 3.41. The molecule has 1 N–H and O–H groups in total. The molecule has 0 radical (unpaired) electrons. The van der Waals surface area contributed by atoms with E-state index in [9.17, 15) is 4.79 Å². The maximum atomic E-state index is 12.0. The van der Waals surface area contributed by atoms with Crippen LogP contribution >= 0.6 is 0 Å². The number of hydrogen-bond acceptors (Lipinski definition) is 4. The highest BCUT2D eigenvalue weighted by Gasteiger charge is 2.34. The van der Waals surface area contributed by atoms with Gasteiger partial charge in [0.05, 0.1) is 6.04 Å². The zero-order valence-corrected chi connectivity index (χ0v) is 15.1. The van der Waals surface area contributed by atoms with Gasteiger partial charge in [-0.2, -0.15) is 0 Å². The van der Waals surface area contributed by atoms with Crippen LogP contribution in [0.2, 0.25) is 0 Å². The van der Waals surface area contributed by atoms with Gasteiger partial charge in [-0.3, -0.25) is 0 Å². The number of furan rings is 1. The van der Waals surface area contributed by atoms with Crippen molar-refractivity contribution in [1.29, 1.82) is 0 Å². The summed E-state index contributed by atoms with van der Waals surface area (Å²) in [5.74, 6) is 0.965. The zero-order valence-electron chi connectivity index (χ0n) is 15.1. The Balaban J connectivity index is 1.58. The predicted octanol–water partition coefficient (Wildman–Crippen LogP) is 4.01. The van der Waals surface area contributed by atoms with E-state index in [1.165, 1.54) is 5.56 Å². The highest BCUT2D eigenvalue weighted by Crippen LogP contribution is 2.30. The third-order valence-corrected chi connectivity index (χ3v) is 4.29. The Labute approximate surface area is 143 Å². The lowest BCUT2D eigenvalue weighted by molar-refractivity contribution is 0.00412. The number of likely N-dealkylation sites (tertiary alicyclic amines) is 1. The number of para-hydroxylation sites is 1. The number of benzene rings is 1. The monoisotopic (exact) mass is 330 g/mol. The van der Waals surface area contributed by atoms with E-state index in [0.717, 1.165) is 16.7 Å². The minimum absolute atomic E-state index is 0.100. The van der Waals surface area contributed by atoms with E-state index < -0.39 is 5.60 Å². The van der Waals surface area contributed by atoms with Gasteiger partial charge in [0.25, 0.3) is 0 Å². The summed E-state index contributed by atoms with van der Waals surface area (Å²) in [5, 5.41) is 4.70. The van der Waals surface area contributed by atoms with Crippen molar-refractivity contribution >= 4 is 17.1 Å². The van der Waals surface area contributed by atoms with Crippen molar-refractivity contribution in [2.75, 3.05) is 13.1 Å². The number of carbonyl (C=O) groups excluding carboxylic acids is 1. The highest BCUT2D eigenvalue weighted by atomic mass is 16.6. The lowest BCUT2D eigenvalue weighted by atomic mass is 10.1. The van der Waals surface area contributed by atoms with Gasteiger partial charge in [-0.15, -0.1) is 0 Å². The first-order valence-electron chi connectivity index (χ1n) is 8.46. The number of nitrogens with one attached hydrogen (secondary N) is 1. The Hall–Kier alpha value is -2.01. The van der Waals surface area contributed by atoms with Gasteiger partial charge in [0.2, 0.25) is 0 Å². The van der Waals surface area contributed by atoms with Gasteiger partial charge >= 0.3 is 6.09 Å². The molecule has 0 aliphatic carbocycles. The normalized spacial score (nSPS) is 17.0. The number of nitrogens with zero attached hydrogens (tertiary/aromatic N) is 1. The van der Waals surface area contributed by atoms with Gasteiger partial charge in [0, 0.05) is 24.5 Å². The molecule has 1 aromatic heterocycles. The lowest BCUT2D eigenvalue weighted by Crippen LogP contribution is -2.60. The molecule has 1 aliphatic rings. The first-order valence-corrected chi connectivity index (χ1v) is 8.46. The van der Waals surface area contributed by atoms with E-state index in [1.807, 2.05) is 39.0 Å². The maximum Gasteiger partial charge on any atom is 0.410 e. The molecule has 0 saturated carbocycles. The molecule has 5 nitrogen and oxygen atoms in total. The molecule has 3 rings (SSSR count). The van der Waals surface area contributed by atoms with E-state index in [1.54, 1.807) is 4.90 Å². The molecule has 0 spiro atoms. The Morgan fingerprint density at radius 3 is 2.62 bits per heavy atom. The van der Waals surface area contributed by atoms with Crippen LogP contribution in [-0.4, -0.2) is 35.7 Å². The fraction of sp³-hybridized carbons (Fsp3) is 0.526. The third-order valence-electron chi connectivity index (χ3n) is 4.29. The molecule has 1 unspecified atom stereocenters. The number of aryl methyl sites for hydroxylation is 1. The fourth-order valence-electron chi connectivity index (χ4n) is 3.10. The van der Waals surface area contributed by atoms with Crippen LogP contribution < -0.4 is 5.32 Å². The number of ether oxygens (including phenoxy) is 1. The Kier molecular flexibility index (Phi) is 4.30. The quantitative estimate of drug-likeness (QED) is 0.924. The summed E-state index contributed by atoms with van der Waals surface area (Å²) in [5.41, 5.74) is 1.64. The largest absolute Gasteiger partial charge is 0.459 e. The molecule has 130 valence electrons. The van der Waals surface area contributed by atoms with Gasteiger partial charge in [-0.25, -0.2) is 4.79 Å². The van der Waals surface area contributed by atoms with Crippen LogP contribution in [0, 0.1) is 6.92 Å². The predicted molar refractivity (Wildman–Crippen MR) is 94.1 cm³/mol. The van der Waals surface area contributed by atoms with Gasteiger partial charge in [-0.05, 0) is 46.2 Å². The van der Waals surface area contributed by atoms with Crippen LogP contribution in [0.1, 0.15) is 45.1 Å². The molecular formula is C19H26N2O3. The topological polar surface area (TPSA) is 54.7 Å². The summed E-state index contributed by atoms with van der Waals surface area (Å²) in [6.45, 7) is 11.2. The van der Waals surface area contributed by atoms with Crippen LogP contribution in [0.25, 0.3) is 11.0 Å². The van der Waals surface area contributed by atoms with Gasteiger partial charge < -0.3 is 19.4 Å². The summed E-state index contributed by atoms with van der Waals surface area (Å²) in [4.78, 5) is 13.7. The molecule has 1 atom stereocenters. The van der Waals surface area contributed by atoms with E-state index in [0.29, 0.717) is 13.1 Å². The molecule has 24 heavy (non-hydrogen) atoms. The second-order valence-electron chi connectivity index (χ2n) is 7.56. The van der Waals surface area contributed by atoms with Crippen molar-refractivity contribution in [2.45, 2.75) is 52.3 Å².